The number of carbonyl (C=O) groups is 1. The first-order valence-electron chi connectivity index (χ1n) is 10.6. The first-order chi connectivity index (χ1) is 15.4. The number of fused-ring (bicyclic) bond motifs is 1. The molecule has 0 aliphatic carbocycles. The monoisotopic (exact) mass is 431 g/mol. The second-order valence-corrected chi connectivity index (χ2v) is 8.15. The summed E-state index contributed by atoms with van der Waals surface area (Å²) in [6.45, 7) is 6.63. The van der Waals surface area contributed by atoms with E-state index >= 15 is 0 Å². The van der Waals surface area contributed by atoms with E-state index in [4.69, 9.17) is 15.0 Å². The minimum Gasteiger partial charge on any atom is -0.490 e. The molecule has 3 aromatic rings. The number of hydrogen-bond donors (Lipinski definition) is 1. The van der Waals surface area contributed by atoms with Gasteiger partial charge in [0, 0.05) is 24.2 Å². The van der Waals surface area contributed by atoms with Crippen molar-refractivity contribution >= 4 is 5.91 Å². The molecule has 0 unspecified atom stereocenters. The van der Waals surface area contributed by atoms with Crippen LogP contribution in [0.2, 0.25) is 0 Å². The Morgan fingerprint density at radius 2 is 2.09 bits per heavy atom. The highest BCUT2D eigenvalue weighted by atomic mass is 16.5. The lowest BCUT2D eigenvalue weighted by Crippen LogP contribution is -2.44. The zero-order valence-electron chi connectivity index (χ0n) is 18.3. The van der Waals surface area contributed by atoms with Gasteiger partial charge >= 0.3 is 0 Å². The lowest BCUT2D eigenvalue weighted by Gasteiger charge is -2.30. The fourth-order valence-electron chi connectivity index (χ4n) is 3.85. The number of carbonyl (C=O) groups excluding carboxylic acids is 1. The van der Waals surface area contributed by atoms with Gasteiger partial charge in [-0.05, 0) is 56.5 Å². The normalized spacial score (nSPS) is 14.1. The minimum absolute atomic E-state index is 0.0357. The van der Waals surface area contributed by atoms with E-state index in [1.54, 1.807) is 30.0 Å². The lowest BCUT2D eigenvalue weighted by atomic mass is 9.94. The fraction of sp³-hybridized carbons (Fsp3) is 0.333. The molecule has 2 heterocycles. The van der Waals surface area contributed by atoms with E-state index in [1.165, 1.54) is 0 Å². The third-order valence-electron chi connectivity index (χ3n) is 5.34. The van der Waals surface area contributed by atoms with Gasteiger partial charge in [0.2, 0.25) is 11.7 Å². The van der Waals surface area contributed by atoms with E-state index in [2.05, 4.69) is 16.2 Å². The number of hydrogen-bond acceptors (Lipinski definition) is 7. The highest BCUT2D eigenvalue weighted by Gasteiger charge is 2.26. The smallest absolute Gasteiger partial charge is 0.258 e. The average molecular weight is 431 g/mol. The number of nitrogens with zero attached hydrogens (tertiary/aromatic N) is 4. The zero-order valence-corrected chi connectivity index (χ0v) is 18.3. The standard InChI is InChI=1S/C24H25N5O3/c1-14(2)31-21-8-7-16(11-18(21)12-25)23-27-22(28-32-23)20-6-4-5-17-13-29(10-9-19(17)20)24(30)15(3)26/h4-8,11,14-15H,9-10,13,26H2,1-3H3/t15-/m0/s1. The minimum atomic E-state index is -0.518. The molecule has 164 valence electrons. The Labute approximate surface area is 186 Å². The van der Waals surface area contributed by atoms with Crippen LogP contribution in [-0.4, -0.2) is 39.6 Å². The molecule has 1 atom stereocenters. The number of amides is 1. The second kappa shape index (κ2) is 8.81. The van der Waals surface area contributed by atoms with E-state index in [-0.39, 0.29) is 12.0 Å². The van der Waals surface area contributed by atoms with Crippen LogP contribution in [0.5, 0.6) is 5.75 Å². The number of benzene rings is 2. The number of aromatic nitrogens is 2. The van der Waals surface area contributed by atoms with Crippen molar-refractivity contribution in [3.8, 4) is 34.7 Å². The first kappa shape index (κ1) is 21.5. The van der Waals surface area contributed by atoms with E-state index in [9.17, 15) is 10.1 Å². The SMILES string of the molecule is CC(C)Oc1ccc(-c2nc(-c3cccc4c3CCN(C(=O)[C@H](C)N)C4)no2)cc1C#N. The molecule has 2 N–H and O–H groups in total. The number of rotatable bonds is 5. The molecule has 8 heteroatoms. The highest BCUT2D eigenvalue weighted by Crippen LogP contribution is 2.31. The Hall–Kier alpha value is -3.70. The summed E-state index contributed by atoms with van der Waals surface area (Å²) in [5.74, 6) is 1.27. The summed E-state index contributed by atoms with van der Waals surface area (Å²) in [6, 6.07) is 12.8. The predicted molar refractivity (Wildman–Crippen MR) is 118 cm³/mol. The van der Waals surface area contributed by atoms with Crippen LogP contribution in [0.25, 0.3) is 22.8 Å². The summed E-state index contributed by atoms with van der Waals surface area (Å²) >= 11 is 0. The molecule has 1 aromatic heterocycles. The molecular formula is C24H25N5O3. The average Bonchev–Trinajstić information content (AvgIpc) is 3.27. The summed E-state index contributed by atoms with van der Waals surface area (Å²) in [6.07, 6.45) is 0.653. The number of ether oxygens (including phenoxy) is 1. The molecule has 0 saturated heterocycles. The van der Waals surface area contributed by atoms with Crippen LogP contribution in [0.1, 0.15) is 37.5 Å². The summed E-state index contributed by atoms with van der Waals surface area (Å²) in [5.41, 5.74) is 9.86. The maximum absolute atomic E-state index is 12.3. The number of nitriles is 1. The Morgan fingerprint density at radius 3 is 2.81 bits per heavy atom. The molecular weight excluding hydrogens is 406 g/mol. The maximum Gasteiger partial charge on any atom is 0.258 e. The molecule has 1 aliphatic heterocycles. The molecule has 2 aromatic carbocycles. The largest absolute Gasteiger partial charge is 0.490 e. The quantitative estimate of drug-likeness (QED) is 0.658. The van der Waals surface area contributed by atoms with Crippen molar-refractivity contribution in [3.63, 3.8) is 0 Å². The Kier molecular flexibility index (Phi) is 5.93. The van der Waals surface area contributed by atoms with Crippen molar-refractivity contribution in [1.29, 1.82) is 5.26 Å². The van der Waals surface area contributed by atoms with Gasteiger partial charge in [-0.2, -0.15) is 10.2 Å². The Morgan fingerprint density at radius 1 is 1.28 bits per heavy atom. The maximum atomic E-state index is 12.3. The first-order valence-corrected chi connectivity index (χ1v) is 10.6. The fourth-order valence-corrected chi connectivity index (χ4v) is 3.85. The van der Waals surface area contributed by atoms with E-state index in [0.29, 0.717) is 48.1 Å². The van der Waals surface area contributed by atoms with Crippen molar-refractivity contribution in [2.24, 2.45) is 5.73 Å². The van der Waals surface area contributed by atoms with Crippen molar-refractivity contribution < 1.29 is 14.1 Å². The van der Waals surface area contributed by atoms with Crippen molar-refractivity contribution in [3.05, 3.63) is 53.1 Å². The molecule has 32 heavy (non-hydrogen) atoms. The summed E-state index contributed by atoms with van der Waals surface area (Å²) < 4.78 is 11.2. The molecule has 0 bridgehead atoms. The van der Waals surface area contributed by atoms with Gasteiger partial charge in [0.05, 0.1) is 17.7 Å². The van der Waals surface area contributed by atoms with E-state index in [0.717, 1.165) is 16.7 Å². The van der Waals surface area contributed by atoms with Gasteiger partial charge in [-0.15, -0.1) is 0 Å². The number of nitrogens with two attached hydrogens (primary N) is 1. The third-order valence-corrected chi connectivity index (χ3v) is 5.34. The Balaban J connectivity index is 1.63. The molecule has 0 fully saturated rings. The molecule has 1 aliphatic rings. The van der Waals surface area contributed by atoms with Gasteiger partial charge in [0.25, 0.3) is 5.89 Å². The molecule has 1 amide bonds. The van der Waals surface area contributed by atoms with Crippen LogP contribution in [0, 0.1) is 11.3 Å². The summed E-state index contributed by atoms with van der Waals surface area (Å²) in [4.78, 5) is 18.6. The van der Waals surface area contributed by atoms with Crippen LogP contribution in [0.4, 0.5) is 0 Å². The Bertz CT molecular complexity index is 1190. The lowest BCUT2D eigenvalue weighted by molar-refractivity contribution is -0.133. The van der Waals surface area contributed by atoms with Gasteiger partial charge in [-0.25, -0.2) is 0 Å². The molecule has 0 spiro atoms. The molecule has 0 saturated carbocycles. The zero-order chi connectivity index (χ0) is 22.8. The van der Waals surface area contributed by atoms with Gasteiger partial charge in [-0.3, -0.25) is 4.79 Å². The van der Waals surface area contributed by atoms with Gasteiger partial charge < -0.3 is 19.9 Å². The van der Waals surface area contributed by atoms with Gasteiger partial charge in [0.1, 0.15) is 11.8 Å². The molecule has 4 rings (SSSR count). The van der Waals surface area contributed by atoms with Crippen molar-refractivity contribution in [2.45, 2.75) is 45.9 Å². The third kappa shape index (κ3) is 4.20. The van der Waals surface area contributed by atoms with Crippen LogP contribution in [0.3, 0.4) is 0 Å². The van der Waals surface area contributed by atoms with E-state index < -0.39 is 6.04 Å². The second-order valence-electron chi connectivity index (χ2n) is 8.15. The predicted octanol–water partition coefficient (Wildman–Crippen LogP) is 3.29. The summed E-state index contributed by atoms with van der Waals surface area (Å²) in [5, 5.41) is 13.7. The van der Waals surface area contributed by atoms with Crippen LogP contribution >= 0.6 is 0 Å². The highest BCUT2D eigenvalue weighted by molar-refractivity contribution is 5.81. The van der Waals surface area contributed by atoms with Crippen molar-refractivity contribution in [1.82, 2.24) is 15.0 Å². The van der Waals surface area contributed by atoms with Gasteiger partial charge in [-0.1, -0.05) is 23.4 Å². The van der Waals surface area contributed by atoms with Crippen LogP contribution in [-0.2, 0) is 17.8 Å². The van der Waals surface area contributed by atoms with E-state index in [1.807, 2.05) is 32.0 Å². The van der Waals surface area contributed by atoms with Gasteiger partial charge in [0.15, 0.2) is 0 Å². The molecule has 8 nitrogen and oxygen atoms in total. The summed E-state index contributed by atoms with van der Waals surface area (Å²) in [7, 11) is 0. The van der Waals surface area contributed by atoms with Crippen LogP contribution < -0.4 is 10.5 Å². The van der Waals surface area contributed by atoms with Crippen molar-refractivity contribution in [2.75, 3.05) is 6.54 Å². The molecule has 0 radical (unpaired) electrons. The van der Waals surface area contributed by atoms with Crippen LogP contribution in [0.15, 0.2) is 40.9 Å². The topological polar surface area (TPSA) is 118 Å².